The zero-order valence-corrected chi connectivity index (χ0v) is 11.8. The zero-order valence-electron chi connectivity index (χ0n) is 11.8. The molecule has 0 amide bonds. The highest BCUT2D eigenvalue weighted by Crippen LogP contribution is 2.37. The third-order valence-corrected chi connectivity index (χ3v) is 4.22. The van der Waals surface area contributed by atoms with Crippen molar-refractivity contribution < 1.29 is 4.79 Å². The zero-order chi connectivity index (χ0) is 13.7. The van der Waals surface area contributed by atoms with Crippen LogP contribution in [0.1, 0.15) is 63.5 Å². The van der Waals surface area contributed by atoms with Gasteiger partial charge in [0.15, 0.2) is 0 Å². The van der Waals surface area contributed by atoms with Gasteiger partial charge in [-0.2, -0.15) is 0 Å². The smallest absolute Gasteiger partial charge is 0.135 e. The molecule has 3 nitrogen and oxygen atoms in total. The molecule has 1 saturated carbocycles. The van der Waals surface area contributed by atoms with Gasteiger partial charge in [0.25, 0.3) is 0 Å². The molecule has 1 fully saturated rings. The maximum atomic E-state index is 12.0. The molecule has 104 valence electrons. The number of carbonyl (C=O) groups is 1. The van der Waals surface area contributed by atoms with Crippen molar-refractivity contribution in [2.45, 2.75) is 57.8 Å². The monoisotopic (exact) mass is 260 g/mol. The standard InChI is InChI=1S/C16H24N2O/c1-2-3-6-15(19)12-7-9-13(10-8-12)16-14(17)5-4-11-18-16/h4-5,11-13H,2-3,6-10,17H2,1H3/t12-,13-. The number of nitrogens with zero attached hydrogens (tertiary/aromatic N) is 1. The fraction of sp³-hybridized carbons (Fsp3) is 0.625. The summed E-state index contributed by atoms with van der Waals surface area (Å²) in [5.74, 6) is 1.19. The summed E-state index contributed by atoms with van der Waals surface area (Å²) in [6.45, 7) is 2.13. The van der Waals surface area contributed by atoms with Gasteiger partial charge in [-0.3, -0.25) is 9.78 Å². The fourth-order valence-corrected chi connectivity index (χ4v) is 3.02. The predicted molar refractivity (Wildman–Crippen MR) is 77.9 cm³/mol. The second-order valence-corrected chi connectivity index (χ2v) is 5.60. The van der Waals surface area contributed by atoms with Crippen molar-refractivity contribution >= 4 is 11.5 Å². The number of carbonyl (C=O) groups excluding carboxylic acids is 1. The van der Waals surface area contributed by atoms with Crippen LogP contribution in [0.15, 0.2) is 18.3 Å². The SMILES string of the molecule is CCCCC(=O)[C@H]1CC[C@H](c2ncccc2N)CC1. The van der Waals surface area contributed by atoms with Crippen LogP contribution in [0.4, 0.5) is 5.69 Å². The maximum Gasteiger partial charge on any atom is 0.135 e. The van der Waals surface area contributed by atoms with E-state index in [0.29, 0.717) is 11.7 Å². The third-order valence-electron chi connectivity index (χ3n) is 4.22. The number of nitrogens with two attached hydrogens (primary N) is 1. The lowest BCUT2D eigenvalue weighted by molar-refractivity contribution is -0.124. The van der Waals surface area contributed by atoms with Crippen LogP contribution in [-0.4, -0.2) is 10.8 Å². The van der Waals surface area contributed by atoms with Crippen LogP contribution in [0.5, 0.6) is 0 Å². The molecule has 2 rings (SSSR count). The molecule has 0 atom stereocenters. The predicted octanol–water partition coefficient (Wildman–Crippen LogP) is 3.70. The van der Waals surface area contributed by atoms with Gasteiger partial charge in [0.1, 0.15) is 5.78 Å². The molecule has 3 heteroatoms. The summed E-state index contributed by atoms with van der Waals surface area (Å²) in [6, 6.07) is 3.79. The molecular weight excluding hydrogens is 236 g/mol. The van der Waals surface area contributed by atoms with Gasteiger partial charge in [-0.15, -0.1) is 0 Å². The Morgan fingerprint density at radius 1 is 1.37 bits per heavy atom. The van der Waals surface area contributed by atoms with E-state index >= 15 is 0 Å². The van der Waals surface area contributed by atoms with E-state index in [2.05, 4.69) is 11.9 Å². The molecule has 0 unspecified atom stereocenters. The van der Waals surface area contributed by atoms with E-state index in [4.69, 9.17) is 5.73 Å². The topological polar surface area (TPSA) is 56.0 Å². The first-order valence-electron chi connectivity index (χ1n) is 7.45. The van der Waals surface area contributed by atoms with Crippen LogP contribution in [0.3, 0.4) is 0 Å². The van der Waals surface area contributed by atoms with E-state index in [1.54, 1.807) is 0 Å². The Morgan fingerprint density at radius 3 is 2.74 bits per heavy atom. The summed E-state index contributed by atoms with van der Waals surface area (Å²) in [6.07, 6.45) is 8.80. The van der Waals surface area contributed by atoms with Gasteiger partial charge in [-0.25, -0.2) is 0 Å². The van der Waals surface area contributed by atoms with Crippen molar-refractivity contribution in [1.29, 1.82) is 0 Å². The van der Waals surface area contributed by atoms with E-state index in [9.17, 15) is 4.79 Å². The molecule has 0 spiro atoms. The number of hydrogen-bond donors (Lipinski definition) is 1. The Kier molecular flexibility index (Phi) is 4.94. The highest BCUT2D eigenvalue weighted by molar-refractivity contribution is 5.81. The highest BCUT2D eigenvalue weighted by atomic mass is 16.1. The molecule has 1 aliphatic carbocycles. The van der Waals surface area contributed by atoms with Gasteiger partial charge in [-0.1, -0.05) is 13.3 Å². The first-order chi connectivity index (χ1) is 9.22. The quantitative estimate of drug-likeness (QED) is 0.878. The number of hydrogen-bond acceptors (Lipinski definition) is 3. The number of aromatic nitrogens is 1. The van der Waals surface area contributed by atoms with Gasteiger partial charge < -0.3 is 5.73 Å². The molecule has 19 heavy (non-hydrogen) atoms. The van der Waals surface area contributed by atoms with Gasteiger partial charge in [-0.05, 0) is 44.2 Å². The number of unbranched alkanes of at least 4 members (excludes halogenated alkanes) is 1. The average molecular weight is 260 g/mol. The van der Waals surface area contributed by atoms with Crippen molar-refractivity contribution in [2.75, 3.05) is 5.73 Å². The second kappa shape index (κ2) is 6.69. The van der Waals surface area contributed by atoms with Crippen LogP contribution in [0, 0.1) is 5.92 Å². The van der Waals surface area contributed by atoms with Crippen LogP contribution in [-0.2, 0) is 4.79 Å². The van der Waals surface area contributed by atoms with Crippen molar-refractivity contribution in [3.8, 4) is 0 Å². The van der Waals surface area contributed by atoms with E-state index in [-0.39, 0.29) is 5.92 Å². The van der Waals surface area contributed by atoms with Crippen molar-refractivity contribution in [2.24, 2.45) is 5.92 Å². The first-order valence-corrected chi connectivity index (χ1v) is 7.45. The van der Waals surface area contributed by atoms with Crippen molar-refractivity contribution in [3.05, 3.63) is 24.0 Å². The Morgan fingerprint density at radius 2 is 2.11 bits per heavy atom. The molecule has 2 N–H and O–H groups in total. The number of anilines is 1. The minimum absolute atomic E-state index is 0.285. The number of rotatable bonds is 5. The van der Waals surface area contributed by atoms with E-state index < -0.39 is 0 Å². The second-order valence-electron chi connectivity index (χ2n) is 5.60. The fourth-order valence-electron chi connectivity index (χ4n) is 3.02. The minimum Gasteiger partial charge on any atom is -0.397 e. The summed E-state index contributed by atoms with van der Waals surface area (Å²) in [7, 11) is 0. The summed E-state index contributed by atoms with van der Waals surface area (Å²) in [4.78, 5) is 16.4. The molecule has 1 aliphatic rings. The van der Waals surface area contributed by atoms with Gasteiger partial charge in [0, 0.05) is 24.5 Å². The minimum atomic E-state index is 0.285. The van der Waals surface area contributed by atoms with Gasteiger partial charge >= 0.3 is 0 Å². The molecule has 1 aromatic heterocycles. The van der Waals surface area contributed by atoms with Crippen LogP contribution >= 0.6 is 0 Å². The van der Waals surface area contributed by atoms with Crippen LogP contribution < -0.4 is 5.73 Å². The van der Waals surface area contributed by atoms with Crippen LogP contribution in [0.25, 0.3) is 0 Å². The van der Waals surface area contributed by atoms with E-state index in [1.807, 2.05) is 18.3 Å². The first kappa shape index (κ1) is 14.0. The number of pyridine rings is 1. The molecule has 0 bridgehead atoms. The third kappa shape index (κ3) is 3.55. The maximum absolute atomic E-state index is 12.0. The summed E-state index contributed by atoms with van der Waals surface area (Å²) >= 11 is 0. The lowest BCUT2D eigenvalue weighted by Crippen LogP contribution is -2.21. The van der Waals surface area contributed by atoms with E-state index in [0.717, 1.165) is 56.3 Å². The Labute approximate surface area is 115 Å². The molecule has 1 heterocycles. The molecule has 0 aliphatic heterocycles. The lowest BCUT2D eigenvalue weighted by Gasteiger charge is -2.27. The highest BCUT2D eigenvalue weighted by Gasteiger charge is 2.27. The normalized spacial score (nSPS) is 23.2. The van der Waals surface area contributed by atoms with Gasteiger partial charge in [0.2, 0.25) is 0 Å². The molecule has 0 saturated heterocycles. The number of Topliss-reactive ketones (excluding diaryl/α,β-unsaturated/α-hetero) is 1. The summed E-state index contributed by atoms with van der Waals surface area (Å²) < 4.78 is 0. The largest absolute Gasteiger partial charge is 0.397 e. The molecular formula is C16H24N2O. The Bertz CT molecular complexity index is 423. The lowest BCUT2D eigenvalue weighted by atomic mass is 9.77. The molecule has 0 radical (unpaired) electrons. The Hall–Kier alpha value is -1.38. The van der Waals surface area contributed by atoms with Crippen molar-refractivity contribution in [3.63, 3.8) is 0 Å². The summed E-state index contributed by atoms with van der Waals surface area (Å²) in [5.41, 5.74) is 7.81. The van der Waals surface area contributed by atoms with Crippen LogP contribution in [0.2, 0.25) is 0 Å². The summed E-state index contributed by atoms with van der Waals surface area (Å²) in [5, 5.41) is 0. The van der Waals surface area contributed by atoms with Gasteiger partial charge in [0.05, 0.1) is 11.4 Å². The van der Waals surface area contributed by atoms with E-state index in [1.165, 1.54) is 0 Å². The molecule has 1 aromatic rings. The average Bonchev–Trinajstić information content (AvgIpc) is 2.45. The number of ketones is 1. The Balaban J connectivity index is 1.89. The number of nitrogen functional groups attached to an aromatic ring is 1. The molecule has 0 aromatic carbocycles. The van der Waals surface area contributed by atoms with Crippen molar-refractivity contribution in [1.82, 2.24) is 4.98 Å².